The molecule has 2 aromatic rings. The van der Waals surface area contributed by atoms with Crippen LogP contribution >= 0.6 is 0 Å². The van der Waals surface area contributed by atoms with Crippen molar-refractivity contribution < 1.29 is 19.0 Å². The first-order valence-electron chi connectivity index (χ1n) is 9.84. The van der Waals surface area contributed by atoms with Crippen molar-refractivity contribution in [2.75, 3.05) is 13.2 Å². The molecule has 0 bridgehead atoms. The zero-order valence-corrected chi connectivity index (χ0v) is 16.5. The summed E-state index contributed by atoms with van der Waals surface area (Å²) in [7, 11) is 0. The average Bonchev–Trinajstić information content (AvgIpc) is 2.73. The van der Waals surface area contributed by atoms with Crippen LogP contribution in [0.3, 0.4) is 0 Å². The summed E-state index contributed by atoms with van der Waals surface area (Å²) in [5, 5.41) is 0. The highest BCUT2D eigenvalue weighted by molar-refractivity contribution is 5.91. The summed E-state index contributed by atoms with van der Waals surface area (Å²) in [6, 6.07) is 14.0. The summed E-state index contributed by atoms with van der Waals surface area (Å²) in [5.74, 6) is 4.13. The zero-order chi connectivity index (χ0) is 20.0. The molecule has 0 radical (unpaired) electrons. The fourth-order valence-corrected chi connectivity index (χ4v) is 2.54. The molecule has 2 rings (SSSR count). The number of unbranched alkanes of at least 4 members (excludes halogenated alkanes) is 4. The lowest BCUT2D eigenvalue weighted by molar-refractivity contribution is 0.0734. The molecular weight excluding hydrogens is 352 g/mol. The fourth-order valence-electron chi connectivity index (χ4n) is 2.54. The second-order valence-corrected chi connectivity index (χ2v) is 6.45. The first-order valence-corrected chi connectivity index (χ1v) is 9.84. The first kappa shape index (κ1) is 21.4. The molecule has 148 valence electrons. The van der Waals surface area contributed by atoms with Gasteiger partial charge in [-0.15, -0.1) is 12.3 Å². The van der Waals surface area contributed by atoms with Gasteiger partial charge in [-0.25, -0.2) is 4.79 Å². The molecule has 4 nitrogen and oxygen atoms in total. The molecule has 28 heavy (non-hydrogen) atoms. The highest BCUT2D eigenvalue weighted by Gasteiger charge is 2.09. The van der Waals surface area contributed by atoms with Crippen LogP contribution in [0.2, 0.25) is 0 Å². The molecule has 0 saturated carbocycles. The topological polar surface area (TPSA) is 44.8 Å². The minimum atomic E-state index is -0.410. The maximum atomic E-state index is 12.3. The van der Waals surface area contributed by atoms with Gasteiger partial charge < -0.3 is 14.2 Å². The lowest BCUT2D eigenvalue weighted by atomic mass is 10.2. The van der Waals surface area contributed by atoms with Crippen LogP contribution in [0.15, 0.2) is 48.5 Å². The third kappa shape index (κ3) is 7.75. The Kier molecular flexibility index (Phi) is 9.51. The van der Waals surface area contributed by atoms with Crippen LogP contribution in [0.25, 0.3) is 0 Å². The lowest BCUT2D eigenvalue weighted by Crippen LogP contribution is -2.08. The standard InChI is InChI=1S/C24H28O4/c1-3-5-7-9-19-27-22-14-16-23(17-15-22)28-24(25)20-10-12-21(13-11-20)26-18-8-6-4-2/h2,10-17H,3,5-9,18-19H2,1H3. The van der Waals surface area contributed by atoms with Gasteiger partial charge in [0.2, 0.25) is 0 Å². The number of hydrogen-bond acceptors (Lipinski definition) is 4. The van der Waals surface area contributed by atoms with Gasteiger partial charge in [0, 0.05) is 6.42 Å². The Labute approximate surface area is 167 Å². The van der Waals surface area contributed by atoms with E-state index in [1.807, 2.05) is 12.1 Å². The molecule has 0 aromatic heterocycles. The molecule has 0 atom stereocenters. The molecule has 0 heterocycles. The molecule has 0 saturated heterocycles. The van der Waals surface area contributed by atoms with Gasteiger partial charge in [-0.1, -0.05) is 26.2 Å². The Morgan fingerprint density at radius 1 is 0.821 bits per heavy atom. The van der Waals surface area contributed by atoms with Crippen molar-refractivity contribution in [1.82, 2.24) is 0 Å². The van der Waals surface area contributed by atoms with Crippen LogP contribution in [0.5, 0.6) is 17.2 Å². The van der Waals surface area contributed by atoms with E-state index in [4.69, 9.17) is 20.6 Å². The minimum Gasteiger partial charge on any atom is -0.494 e. The quantitative estimate of drug-likeness (QED) is 0.206. The molecular formula is C24H28O4. The smallest absolute Gasteiger partial charge is 0.343 e. The van der Waals surface area contributed by atoms with E-state index in [0.717, 1.165) is 18.6 Å². The predicted molar refractivity (Wildman–Crippen MR) is 111 cm³/mol. The van der Waals surface area contributed by atoms with E-state index in [1.165, 1.54) is 19.3 Å². The predicted octanol–water partition coefficient (Wildman–Crippen LogP) is 5.66. The zero-order valence-electron chi connectivity index (χ0n) is 16.5. The number of esters is 1. The minimum absolute atomic E-state index is 0.410. The summed E-state index contributed by atoms with van der Waals surface area (Å²) in [6.45, 7) is 3.45. The molecule has 0 unspecified atom stereocenters. The Balaban J connectivity index is 1.78. The Morgan fingerprint density at radius 3 is 2.00 bits per heavy atom. The normalized spacial score (nSPS) is 10.1. The maximum absolute atomic E-state index is 12.3. The number of hydrogen-bond donors (Lipinski definition) is 0. The molecule has 4 heteroatoms. The van der Waals surface area contributed by atoms with Crippen molar-refractivity contribution in [1.29, 1.82) is 0 Å². The van der Waals surface area contributed by atoms with Crippen LogP contribution in [-0.4, -0.2) is 19.2 Å². The van der Waals surface area contributed by atoms with Crippen molar-refractivity contribution in [2.24, 2.45) is 0 Å². The number of carbonyl (C=O) groups excluding carboxylic acids is 1. The molecule has 0 aliphatic heterocycles. The Morgan fingerprint density at radius 2 is 1.39 bits per heavy atom. The summed E-state index contributed by atoms with van der Waals surface area (Å²) in [4.78, 5) is 12.3. The summed E-state index contributed by atoms with van der Waals surface area (Å²) in [5.41, 5.74) is 0.465. The highest BCUT2D eigenvalue weighted by atomic mass is 16.5. The summed E-state index contributed by atoms with van der Waals surface area (Å²) in [6.07, 6.45) is 11.4. The van der Waals surface area contributed by atoms with Crippen molar-refractivity contribution >= 4 is 5.97 Å². The monoisotopic (exact) mass is 380 g/mol. The third-order valence-corrected chi connectivity index (χ3v) is 4.13. The molecule has 0 spiro atoms. The summed E-state index contributed by atoms with van der Waals surface area (Å²) < 4.78 is 16.7. The lowest BCUT2D eigenvalue weighted by Gasteiger charge is -2.08. The molecule has 0 amide bonds. The van der Waals surface area contributed by atoms with Crippen molar-refractivity contribution in [2.45, 2.75) is 45.4 Å². The maximum Gasteiger partial charge on any atom is 0.343 e. The number of terminal acetylenes is 1. The molecule has 2 aromatic carbocycles. The molecule has 0 aliphatic rings. The fraction of sp³-hybridized carbons (Fsp3) is 0.375. The number of carbonyl (C=O) groups is 1. The van der Waals surface area contributed by atoms with E-state index in [0.29, 0.717) is 36.7 Å². The van der Waals surface area contributed by atoms with Gasteiger partial charge >= 0.3 is 5.97 Å². The molecule has 0 fully saturated rings. The van der Waals surface area contributed by atoms with Crippen LogP contribution in [0, 0.1) is 12.3 Å². The average molecular weight is 380 g/mol. The van der Waals surface area contributed by atoms with Gasteiger partial charge in [0.1, 0.15) is 17.2 Å². The van der Waals surface area contributed by atoms with Gasteiger partial charge in [-0.3, -0.25) is 0 Å². The van der Waals surface area contributed by atoms with Crippen LogP contribution < -0.4 is 14.2 Å². The first-order chi connectivity index (χ1) is 13.7. The van der Waals surface area contributed by atoms with E-state index in [9.17, 15) is 4.79 Å². The van der Waals surface area contributed by atoms with E-state index in [2.05, 4.69) is 12.8 Å². The number of ether oxygens (including phenoxy) is 3. The van der Waals surface area contributed by atoms with Crippen molar-refractivity contribution in [3.8, 4) is 29.6 Å². The van der Waals surface area contributed by atoms with Crippen LogP contribution in [0.1, 0.15) is 55.8 Å². The number of benzene rings is 2. The van der Waals surface area contributed by atoms with Crippen molar-refractivity contribution in [3.63, 3.8) is 0 Å². The van der Waals surface area contributed by atoms with Gasteiger partial charge in [-0.2, -0.15) is 0 Å². The molecule has 0 N–H and O–H groups in total. The number of rotatable bonds is 12. The van der Waals surface area contributed by atoms with E-state index in [-0.39, 0.29) is 0 Å². The Bertz CT molecular complexity index is 742. The van der Waals surface area contributed by atoms with Crippen LogP contribution in [-0.2, 0) is 0 Å². The Hall–Kier alpha value is -2.93. The van der Waals surface area contributed by atoms with E-state index >= 15 is 0 Å². The van der Waals surface area contributed by atoms with Gasteiger partial charge in [-0.05, 0) is 61.4 Å². The van der Waals surface area contributed by atoms with E-state index < -0.39 is 5.97 Å². The second-order valence-electron chi connectivity index (χ2n) is 6.45. The van der Waals surface area contributed by atoms with Gasteiger partial charge in [0.25, 0.3) is 0 Å². The second kappa shape index (κ2) is 12.5. The highest BCUT2D eigenvalue weighted by Crippen LogP contribution is 2.20. The largest absolute Gasteiger partial charge is 0.494 e. The molecule has 0 aliphatic carbocycles. The van der Waals surface area contributed by atoms with E-state index in [1.54, 1.807) is 36.4 Å². The van der Waals surface area contributed by atoms with Gasteiger partial charge in [0.05, 0.1) is 18.8 Å². The summed E-state index contributed by atoms with van der Waals surface area (Å²) >= 11 is 0. The third-order valence-electron chi connectivity index (χ3n) is 4.13. The van der Waals surface area contributed by atoms with Gasteiger partial charge in [0.15, 0.2) is 0 Å². The SMILES string of the molecule is C#CCCCOc1ccc(C(=O)Oc2ccc(OCCCCCC)cc2)cc1. The van der Waals surface area contributed by atoms with Crippen molar-refractivity contribution in [3.05, 3.63) is 54.1 Å². The van der Waals surface area contributed by atoms with Crippen LogP contribution in [0.4, 0.5) is 0 Å².